The van der Waals surface area contributed by atoms with E-state index < -0.39 is 47.9 Å². The lowest BCUT2D eigenvalue weighted by Gasteiger charge is -2.19. The summed E-state index contributed by atoms with van der Waals surface area (Å²) in [7, 11) is 3.78. The maximum Gasteiger partial charge on any atom is 0.329 e. The molecule has 240 valence electrons. The van der Waals surface area contributed by atoms with E-state index >= 15 is 0 Å². The van der Waals surface area contributed by atoms with Crippen molar-refractivity contribution in [3.63, 3.8) is 0 Å². The Labute approximate surface area is 277 Å². The molecule has 12 nitrogen and oxygen atoms in total. The molecule has 6 N–H and O–H groups in total. The van der Waals surface area contributed by atoms with Gasteiger partial charge in [-0.1, -0.05) is 39.8 Å². The lowest BCUT2D eigenvalue weighted by atomic mass is 10.0. The second-order valence-corrected chi connectivity index (χ2v) is 13.9. The number of carbonyl (C=O) groups is 6. The molecule has 18 heteroatoms. The van der Waals surface area contributed by atoms with Crippen molar-refractivity contribution in [2.24, 2.45) is 11.5 Å². The topological polar surface area (TPSA) is 197 Å². The summed E-state index contributed by atoms with van der Waals surface area (Å²) in [6.07, 6.45) is -0.272. The zero-order valence-electron chi connectivity index (χ0n) is 23.5. The van der Waals surface area contributed by atoms with Gasteiger partial charge in [0.1, 0.15) is 12.1 Å². The molecule has 0 heterocycles. The zero-order valence-corrected chi connectivity index (χ0v) is 28.6. The van der Waals surface area contributed by atoms with Gasteiger partial charge in [0.05, 0.1) is 31.7 Å². The van der Waals surface area contributed by atoms with Gasteiger partial charge < -0.3 is 31.6 Å². The minimum Gasteiger partial charge on any atom is -0.464 e. The van der Waals surface area contributed by atoms with Crippen LogP contribution in [0.25, 0.3) is 0 Å². The molecular formula is C25H36N4O8S6. The van der Waals surface area contributed by atoms with E-state index in [-0.39, 0.29) is 58.4 Å². The highest BCUT2D eigenvalue weighted by atomic mass is 33.1. The molecule has 1 rings (SSSR count). The van der Waals surface area contributed by atoms with Gasteiger partial charge in [0.2, 0.25) is 16.1 Å². The second kappa shape index (κ2) is 22.0. The van der Waals surface area contributed by atoms with Crippen molar-refractivity contribution in [3.8, 4) is 0 Å². The van der Waals surface area contributed by atoms with Crippen LogP contribution in [0.4, 0.5) is 0 Å². The van der Waals surface area contributed by atoms with Gasteiger partial charge in [-0.05, 0) is 47.1 Å². The van der Waals surface area contributed by atoms with Crippen molar-refractivity contribution >= 4 is 102 Å². The molecule has 0 fully saturated rings. The van der Waals surface area contributed by atoms with Crippen LogP contribution in [0.5, 0.6) is 0 Å². The zero-order chi connectivity index (χ0) is 32.4. The Kier molecular flexibility index (Phi) is 20.2. The van der Waals surface area contributed by atoms with E-state index in [9.17, 15) is 28.8 Å². The van der Waals surface area contributed by atoms with Gasteiger partial charge in [-0.2, -0.15) is 25.3 Å². The first-order valence-corrected chi connectivity index (χ1v) is 18.8. The van der Waals surface area contributed by atoms with Crippen LogP contribution in [-0.4, -0.2) is 94.4 Å². The smallest absolute Gasteiger partial charge is 0.329 e. The number of amides is 2. The highest BCUT2D eigenvalue weighted by Gasteiger charge is 2.27. The van der Waals surface area contributed by atoms with Crippen LogP contribution in [0.15, 0.2) is 24.3 Å². The fraction of sp³-hybridized carbons (Fsp3) is 0.520. The van der Waals surface area contributed by atoms with Crippen LogP contribution in [0, 0.1) is 0 Å². The average Bonchev–Trinajstić information content (AvgIpc) is 2.99. The first-order valence-electron chi connectivity index (χ1n) is 12.9. The number of nitrogens with one attached hydrogen (secondary N) is 2. The molecule has 0 radical (unpaired) electrons. The molecule has 1 aromatic rings. The molecule has 0 aliphatic carbocycles. The standard InChI is InChI=1S/C25H36N4O8S6/c1-3-36-22(32)18(12-40-42-24(34)16(26)10-38)28-20(30)9-14-7-5-6-8-15(14)21(31)29-19(23(33)37-4-2)13-41-43-25(35)17(27)11-39/h5-8,16-19,38-39H,3-4,9-13,26-27H2,1-2H3,(H,28,30)(H,29,31)/t16-,17-,18?,19?/m0/s1. The molecule has 0 aliphatic heterocycles. The van der Waals surface area contributed by atoms with E-state index in [4.69, 9.17) is 20.9 Å². The second-order valence-electron chi connectivity index (χ2n) is 8.44. The van der Waals surface area contributed by atoms with Gasteiger partial charge in [-0.25, -0.2) is 9.59 Å². The monoisotopic (exact) mass is 712 g/mol. The molecule has 0 spiro atoms. The molecule has 0 aromatic heterocycles. The number of rotatable bonds is 19. The molecule has 4 atom stereocenters. The first-order chi connectivity index (χ1) is 20.5. The number of esters is 2. The summed E-state index contributed by atoms with van der Waals surface area (Å²) in [5.74, 6) is -2.21. The molecule has 0 saturated heterocycles. The van der Waals surface area contributed by atoms with Gasteiger partial charge in [0.25, 0.3) is 5.91 Å². The fourth-order valence-corrected chi connectivity index (χ4v) is 7.70. The Morgan fingerprint density at radius 3 is 1.72 bits per heavy atom. The third kappa shape index (κ3) is 14.9. The number of nitrogens with two attached hydrogens (primary N) is 2. The van der Waals surface area contributed by atoms with Gasteiger partial charge in [0.15, 0.2) is 0 Å². The molecule has 0 bridgehead atoms. The van der Waals surface area contributed by atoms with Crippen molar-refractivity contribution in [1.82, 2.24) is 10.6 Å². The van der Waals surface area contributed by atoms with E-state index in [0.29, 0.717) is 5.56 Å². The van der Waals surface area contributed by atoms with Crippen molar-refractivity contribution in [1.29, 1.82) is 0 Å². The van der Waals surface area contributed by atoms with Crippen molar-refractivity contribution in [2.75, 3.05) is 36.2 Å². The summed E-state index contributed by atoms with van der Waals surface area (Å²) in [6.45, 7) is 3.41. The van der Waals surface area contributed by atoms with Gasteiger partial charge in [0, 0.05) is 28.6 Å². The number of hydrogen-bond donors (Lipinski definition) is 6. The Morgan fingerprint density at radius 2 is 1.26 bits per heavy atom. The number of carbonyl (C=O) groups excluding carboxylic acids is 6. The summed E-state index contributed by atoms with van der Waals surface area (Å²) in [6, 6.07) is 2.60. The van der Waals surface area contributed by atoms with E-state index in [1.54, 1.807) is 32.0 Å². The van der Waals surface area contributed by atoms with Gasteiger partial charge >= 0.3 is 11.9 Å². The summed E-state index contributed by atoms with van der Waals surface area (Å²) in [5, 5.41) is 4.57. The van der Waals surface area contributed by atoms with Crippen molar-refractivity contribution < 1.29 is 38.2 Å². The van der Waals surface area contributed by atoms with Crippen LogP contribution in [0.1, 0.15) is 29.8 Å². The summed E-state index contributed by atoms with van der Waals surface area (Å²) < 4.78 is 10.1. The number of hydrogen-bond acceptors (Lipinski definition) is 16. The highest BCUT2D eigenvalue weighted by molar-refractivity contribution is 8.82. The predicted octanol–water partition coefficient (Wildman–Crippen LogP) is 1.27. The molecule has 2 amide bonds. The predicted molar refractivity (Wildman–Crippen MR) is 180 cm³/mol. The number of ether oxygens (including phenoxy) is 2. The van der Waals surface area contributed by atoms with Gasteiger partial charge in [-0.3, -0.25) is 19.2 Å². The van der Waals surface area contributed by atoms with E-state index in [1.807, 2.05) is 0 Å². The van der Waals surface area contributed by atoms with Crippen molar-refractivity contribution in [3.05, 3.63) is 35.4 Å². The molecule has 0 aliphatic rings. The van der Waals surface area contributed by atoms with Crippen LogP contribution < -0.4 is 22.1 Å². The summed E-state index contributed by atoms with van der Waals surface area (Å²) in [4.78, 5) is 75.2. The molecule has 2 unspecified atom stereocenters. The molecule has 43 heavy (non-hydrogen) atoms. The Morgan fingerprint density at radius 1 is 0.791 bits per heavy atom. The Bertz CT molecular complexity index is 1120. The minimum absolute atomic E-state index is 0.0151. The van der Waals surface area contributed by atoms with Crippen LogP contribution in [-0.2, 0) is 39.9 Å². The van der Waals surface area contributed by atoms with Gasteiger partial charge in [-0.15, -0.1) is 0 Å². The molecule has 0 saturated carbocycles. The molecular weight excluding hydrogens is 677 g/mol. The quantitative estimate of drug-likeness (QED) is 0.0681. The van der Waals surface area contributed by atoms with Crippen LogP contribution >= 0.6 is 68.4 Å². The van der Waals surface area contributed by atoms with Crippen LogP contribution in [0.2, 0.25) is 0 Å². The first kappa shape index (κ1) is 39.5. The minimum atomic E-state index is -1.09. The molecule has 1 aromatic carbocycles. The average molecular weight is 713 g/mol. The maximum absolute atomic E-state index is 13.2. The van der Waals surface area contributed by atoms with E-state index in [1.165, 1.54) is 6.07 Å². The normalized spacial score (nSPS) is 13.6. The fourth-order valence-electron chi connectivity index (χ4n) is 2.97. The van der Waals surface area contributed by atoms with E-state index in [0.717, 1.165) is 43.2 Å². The number of benzene rings is 1. The Hall–Kier alpha value is -1.54. The SMILES string of the molecule is CCOC(=O)C(CSSC(=O)[C@@H](N)CS)NC(=O)Cc1ccccc1C(=O)NC(CSSC(=O)[C@@H](N)CS)C(=O)OCC. The largest absolute Gasteiger partial charge is 0.464 e. The number of thiol groups is 2. The summed E-state index contributed by atoms with van der Waals surface area (Å²) in [5.41, 5.74) is 11.8. The van der Waals surface area contributed by atoms with Crippen molar-refractivity contribution in [2.45, 2.75) is 44.4 Å². The lowest BCUT2D eigenvalue weighted by molar-refractivity contribution is -0.146. The third-order valence-electron chi connectivity index (χ3n) is 5.15. The third-order valence-corrected chi connectivity index (χ3v) is 10.6. The highest BCUT2D eigenvalue weighted by Crippen LogP contribution is 2.26. The lowest BCUT2D eigenvalue weighted by Crippen LogP contribution is -2.45. The summed E-state index contributed by atoms with van der Waals surface area (Å²) >= 11 is 7.99. The van der Waals surface area contributed by atoms with E-state index in [2.05, 4.69) is 35.9 Å². The maximum atomic E-state index is 13.2. The Balaban J connectivity index is 2.96. The van der Waals surface area contributed by atoms with Crippen LogP contribution in [0.3, 0.4) is 0 Å².